The number of para-hydroxylation sites is 2. The standard InChI is InChI=1S/C18H21N3Si/c1-22(2,3)20-15-18(14-19-20)21(16-10-6-4-7-11-16)17-12-8-5-9-13-17/h4-15H,1-3H3. The van der Waals surface area contributed by atoms with Gasteiger partial charge in [0.05, 0.1) is 11.9 Å². The normalized spacial score (nSPS) is 11.4. The summed E-state index contributed by atoms with van der Waals surface area (Å²) in [6.45, 7) is 6.87. The van der Waals surface area contributed by atoms with Gasteiger partial charge in [-0.3, -0.25) is 4.35 Å². The molecule has 4 heteroatoms. The van der Waals surface area contributed by atoms with Crippen LogP contribution in [0.25, 0.3) is 0 Å². The van der Waals surface area contributed by atoms with Gasteiger partial charge in [-0.2, -0.15) is 5.10 Å². The van der Waals surface area contributed by atoms with Gasteiger partial charge in [0.1, 0.15) is 0 Å². The molecule has 0 radical (unpaired) electrons. The Morgan fingerprint density at radius 1 is 0.773 bits per heavy atom. The summed E-state index contributed by atoms with van der Waals surface area (Å²) in [5.41, 5.74) is 3.38. The van der Waals surface area contributed by atoms with Crippen molar-refractivity contribution in [1.29, 1.82) is 0 Å². The Morgan fingerprint density at radius 3 is 1.68 bits per heavy atom. The van der Waals surface area contributed by atoms with Crippen LogP contribution in [0.2, 0.25) is 19.6 Å². The molecule has 3 nitrogen and oxygen atoms in total. The van der Waals surface area contributed by atoms with Crippen LogP contribution in [-0.2, 0) is 0 Å². The molecule has 1 heterocycles. The van der Waals surface area contributed by atoms with Gasteiger partial charge in [-0.1, -0.05) is 36.4 Å². The average molecular weight is 307 g/mol. The van der Waals surface area contributed by atoms with E-state index in [-0.39, 0.29) is 0 Å². The Labute approximate surface area is 132 Å². The zero-order valence-corrected chi connectivity index (χ0v) is 14.3. The van der Waals surface area contributed by atoms with Crippen LogP contribution in [0.5, 0.6) is 0 Å². The summed E-state index contributed by atoms with van der Waals surface area (Å²) in [4.78, 5) is 2.24. The maximum absolute atomic E-state index is 4.60. The first-order valence-corrected chi connectivity index (χ1v) is 11.0. The lowest BCUT2D eigenvalue weighted by molar-refractivity contribution is 0.934. The molecule has 3 rings (SSSR count). The van der Waals surface area contributed by atoms with Gasteiger partial charge in [0.2, 0.25) is 0 Å². The zero-order chi connectivity index (χ0) is 15.6. The number of anilines is 3. The van der Waals surface area contributed by atoms with Gasteiger partial charge in [0, 0.05) is 17.6 Å². The molecule has 112 valence electrons. The molecule has 0 spiro atoms. The van der Waals surface area contributed by atoms with Gasteiger partial charge in [-0.15, -0.1) is 0 Å². The summed E-state index contributed by atoms with van der Waals surface area (Å²) < 4.78 is 2.14. The van der Waals surface area contributed by atoms with Gasteiger partial charge in [0.25, 0.3) is 0 Å². The van der Waals surface area contributed by atoms with Crippen LogP contribution in [0.15, 0.2) is 73.1 Å². The van der Waals surface area contributed by atoms with E-state index in [9.17, 15) is 0 Å². The highest BCUT2D eigenvalue weighted by atomic mass is 28.3. The smallest absolute Gasteiger partial charge is 0.176 e. The van der Waals surface area contributed by atoms with E-state index in [4.69, 9.17) is 0 Å². The summed E-state index contributed by atoms with van der Waals surface area (Å²) in [6.07, 6.45) is 4.12. The van der Waals surface area contributed by atoms with E-state index in [1.54, 1.807) is 0 Å². The van der Waals surface area contributed by atoms with E-state index in [1.807, 2.05) is 18.3 Å². The van der Waals surface area contributed by atoms with E-state index < -0.39 is 8.24 Å². The molecule has 0 aliphatic rings. The van der Waals surface area contributed by atoms with Crippen LogP contribution in [-0.4, -0.2) is 17.7 Å². The van der Waals surface area contributed by atoms with Gasteiger partial charge >= 0.3 is 0 Å². The molecule has 0 fully saturated rings. The molecule has 3 aromatic rings. The van der Waals surface area contributed by atoms with E-state index in [2.05, 4.69) is 88.7 Å². The molecule has 0 aliphatic heterocycles. The average Bonchev–Trinajstić information content (AvgIpc) is 2.99. The third kappa shape index (κ3) is 2.97. The van der Waals surface area contributed by atoms with Gasteiger partial charge < -0.3 is 4.90 Å². The van der Waals surface area contributed by atoms with Crippen LogP contribution in [0, 0.1) is 0 Å². The molecular formula is C18H21N3Si. The Kier molecular flexibility index (Phi) is 3.86. The summed E-state index contributed by atoms with van der Waals surface area (Å²) in [6, 6.07) is 20.8. The SMILES string of the molecule is C[Si](C)(C)n1cc(N(c2ccccc2)c2ccccc2)cn1. The topological polar surface area (TPSA) is 21.1 Å². The lowest BCUT2D eigenvalue weighted by Gasteiger charge is -2.24. The van der Waals surface area contributed by atoms with Crippen LogP contribution in [0.3, 0.4) is 0 Å². The van der Waals surface area contributed by atoms with E-state index in [0.29, 0.717) is 0 Å². The fourth-order valence-electron chi connectivity index (χ4n) is 2.40. The van der Waals surface area contributed by atoms with Crippen molar-refractivity contribution in [3.63, 3.8) is 0 Å². The highest BCUT2D eigenvalue weighted by molar-refractivity contribution is 6.74. The molecule has 1 aromatic heterocycles. The Balaban J connectivity index is 2.09. The molecule has 0 saturated carbocycles. The molecule has 22 heavy (non-hydrogen) atoms. The predicted octanol–water partition coefficient (Wildman–Crippen LogP) is 5.04. The first-order chi connectivity index (χ1) is 10.6. The number of hydrogen-bond acceptors (Lipinski definition) is 2. The molecule has 0 amide bonds. The molecular weight excluding hydrogens is 286 g/mol. The van der Waals surface area contributed by atoms with Crippen molar-refractivity contribution in [2.75, 3.05) is 4.90 Å². The minimum Gasteiger partial charge on any atom is -0.308 e. The highest BCUT2D eigenvalue weighted by Crippen LogP contribution is 2.33. The lowest BCUT2D eigenvalue weighted by atomic mass is 10.2. The molecule has 0 saturated heterocycles. The Bertz CT molecular complexity index is 690. The van der Waals surface area contributed by atoms with Gasteiger partial charge in [0.15, 0.2) is 8.24 Å². The molecule has 0 N–H and O–H groups in total. The third-order valence-corrected chi connectivity index (χ3v) is 5.16. The second-order valence-corrected chi connectivity index (χ2v) is 11.1. The predicted molar refractivity (Wildman–Crippen MR) is 95.7 cm³/mol. The second kappa shape index (κ2) is 5.81. The number of hydrogen-bond donors (Lipinski definition) is 0. The first kappa shape index (κ1) is 14.6. The number of aromatic nitrogens is 2. The van der Waals surface area contributed by atoms with E-state index in [1.165, 1.54) is 0 Å². The molecule has 0 unspecified atom stereocenters. The van der Waals surface area contributed by atoms with Crippen LogP contribution < -0.4 is 4.90 Å². The minimum absolute atomic E-state index is 1.10. The van der Waals surface area contributed by atoms with Crippen molar-refractivity contribution >= 4 is 25.3 Å². The van der Waals surface area contributed by atoms with Crippen molar-refractivity contribution in [2.45, 2.75) is 19.6 Å². The Morgan fingerprint density at radius 2 is 1.27 bits per heavy atom. The summed E-state index contributed by atoms with van der Waals surface area (Å²) in [7, 11) is -1.48. The summed E-state index contributed by atoms with van der Waals surface area (Å²) >= 11 is 0. The maximum atomic E-state index is 4.60. The van der Waals surface area contributed by atoms with E-state index >= 15 is 0 Å². The quantitative estimate of drug-likeness (QED) is 0.630. The molecule has 0 atom stereocenters. The van der Waals surface area contributed by atoms with Crippen molar-refractivity contribution < 1.29 is 0 Å². The zero-order valence-electron chi connectivity index (χ0n) is 13.3. The van der Waals surface area contributed by atoms with Crippen molar-refractivity contribution in [3.05, 3.63) is 73.1 Å². The highest BCUT2D eigenvalue weighted by Gasteiger charge is 2.20. The lowest BCUT2D eigenvalue weighted by Crippen LogP contribution is -2.32. The van der Waals surface area contributed by atoms with Gasteiger partial charge in [-0.25, -0.2) is 0 Å². The van der Waals surface area contributed by atoms with Crippen molar-refractivity contribution in [2.24, 2.45) is 0 Å². The number of nitrogens with zero attached hydrogens (tertiary/aromatic N) is 3. The number of rotatable bonds is 4. The minimum atomic E-state index is -1.48. The second-order valence-electron chi connectivity index (χ2n) is 6.32. The van der Waals surface area contributed by atoms with Crippen molar-refractivity contribution in [1.82, 2.24) is 9.45 Å². The van der Waals surface area contributed by atoms with Crippen LogP contribution in [0.4, 0.5) is 17.1 Å². The van der Waals surface area contributed by atoms with Crippen LogP contribution in [0.1, 0.15) is 0 Å². The first-order valence-electron chi connectivity index (χ1n) is 7.51. The third-order valence-electron chi connectivity index (χ3n) is 3.54. The molecule has 0 aliphatic carbocycles. The Hall–Kier alpha value is -2.33. The maximum Gasteiger partial charge on any atom is 0.176 e. The van der Waals surface area contributed by atoms with Crippen molar-refractivity contribution in [3.8, 4) is 0 Å². The van der Waals surface area contributed by atoms with E-state index in [0.717, 1.165) is 17.1 Å². The largest absolute Gasteiger partial charge is 0.308 e. The van der Waals surface area contributed by atoms with Gasteiger partial charge in [-0.05, 0) is 43.9 Å². The monoisotopic (exact) mass is 307 g/mol. The molecule has 2 aromatic carbocycles. The fourth-order valence-corrected chi connectivity index (χ4v) is 3.32. The number of benzene rings is 2. The van der Waals surface area contributed by atoms with Crippen LogP contribution >= 0.6 is 0 Å². The molecule has 0 bridgehead atoms. The fraction of sp³-hybridized carbons (Fsp3) is 0.167. The summed E-state index contributed by atoms with van der Waals surface area (Å²) in [5, 5.41) is 4.60. The summed E-state index contributed by atoms with van der Waals surface area (Å²) in [5.74, 6) is 0.